The summed E-state index contributed by atoms with van der Waals surface area (Å²) in [5.74, 6) is 0.0321. The number of ether oxygens (including phenoxy) is 1. The maximum atomic E-state index is 13.5. The summed E-state index contributed by atoms with van der Waals surface area (Å²) in [6.45, 7) is 2.07. The van der Waals surface area contributed by atoms with E-state index in [1.54, 1.807) is 12.1 Å². The molecular formula is C27H34FN3O3. The van der Waals surface area contributed by atoms with Gasteiger partial charge >= 0.3 is 6.09 Å². The summed E-state index contributed by atoms with van der Waals surface area (Å²) in [5, 5.41) is 5.80. The van der Waals surface area contributed by atoms with Crippen LogP contribution in [0.1, 0.15) is 49.7 Å². The van der Waals surface area contributed by atoms with Gasteiger partial charge in [-0.15, -0.1) is 0 Å². The van der Waals surface area contributed by atoms with E-state index < -0.39 is 12.1 Å². The molecule has 0 bridgehead atoms. The molecule has 1 saturated carbocycles. The summed E-state index contributed by atoms with van der Waals surface area (Å²) in [7, 11) is 0. The lowest BCUT2D eigenvalue weighted by Crippen LogP contribution is -2.49. The van der Waals surface area contributed by atoms with Crippen molar-refractivity contribution >= 4 is 17.7 Å². The van der Waals surface area contributed by atoms with Crippen LogP contribution in [-0.4, -0.2) is 37.7 Å². The van der Waals surface area contributed by atoms with Crippen LogP contribution in [0, 0.1) is 11.7 Å². The first-order valence-electron chi connectivity index (χ1n) is 12.4. The van der Waals surface area contributed by atoms with Crippen molar-refractivity contribution in [3.63, 3.8) is 0 Å². The van der Waals surface area contributed by atoms with Gasteiger partial charge in [0, 0.05) is 25.3 Å². The minimum Gasteiger partial charge on any atom is -0.445 e. The number of anilines is 1. The summed E-state index contributed by atoms with van der Waals surface area (Å²) in [6.07, 6.45) is 6.62. The Kier molecular flexibility index (Phi) is 8.39. The number of halogens is 1. The number of nitrogens with one attached hydrogen (secondary N) is 2. The number of hydrogen-bond acceptors (Lipinski definition) is 4. The highest BCUT2D eigenvalue weighted by molar-refractivity contribution is 5.85. The van der Waals surface area contributed by atoms with Gasteiger partial charge < -0.3 is 20.3 Å². The average Bonchev–Trinajstić information content (AvgIpc) is 3.25. The molecule has 0 unspecified atom stereocenters. The smallest absolute Gasteiger partial charge is 0.408 e. The van der Waals surface area contributed by atoms with E-state index in [1.165, 1.54) is 25.3 Å². The summed E-state index contributed by atoms with van der Waals surface area (Å²) in [5.41, 5.74) is 2.93. The monoisotopic (exact) mass is 467 g/mol. The molecule has 182 valence electrons. The lowest BCUT2D eigenvalue weighted by molar-refractivity contribution is -0.123. The fraction of sp³-hybridized carbons (Fsp3) is 0.481. The Hall–Kier alpha value is -3.09. The lowest BCUT2D eigenvalue weighted by atomic mass is 9.84. The molecule has 0 aromatic heterocycles. The van der Waals surface area contributed by atoms with Crippen molar-refractivity contribution in [1.82, 2.24) is 10.6 Å². The lowest BCUT2D eigenvalue weighted by Gasteiger charge is -2.27. The van der Waals surface area contributed by atoms with E-state index in [0.29, 0.717) is 25.4 Å². The van der Waals surface area contributed by atoms with Gasteiger partial charge in [-0.1, -0.05) is 62.4 Å². The van der Waals surface area contributed by atoms with Gasteiger partial charge in [-0.2, -0.15) is 0 Å². The highest BCUT2D eigenvalue weighted by atomic mass is 19.1. The number of benzene rings is 2. The Balaban J connectivity index is 1.29. The first-order valence-corrected chi connectivity index (χ1v) is 12.4. The molecule has 1 fully saturated rings. The predicted molar refractivity (Wildman–Crippen MR) is 130 cm³/mol. The van der Waals surface area contributed by atoms with Crippen LogP contribution >= 0.6 is 0 Å². The molecule has 6 nitrogen and oxygen atoms in total. The van der Waals surface area contributed by atoms with Gasteiger partial charge in [-0.25, -0.2) is 9.18 Å². The molecule has 2 aromatic carbocycles. The number of carbonyl (C=O) groups is 2. The number of alkyl carbamates (subject to hydrolysis) is 1. The molecule has 2 amide bonds. The zero-order valence-corrected chi connectivity index (χ0v) is 19.6. The van der Waals surface area contributed by atoms with Gasteiger partial charge in [0.2, 0.25) is 5.91 Å². The molecule has 1 aliphatic carbocycles. The second kappa shape index (κ2) is 11.9. The Morgan fingerprint density at radius 1 is 1.09 bits per heavy atom. The van der Waals surface area contributed by atoms with Crippen LogP contribution in [0.15, 0.2) is 48.5 Å². The number of amides is 2. The SMILES string of the molecule is O=C(N[C@@H](CC1CCCCC1)C(=O)NCCN1CCc2cc(F)ccc21)OCc1ccccc1. The van der Waals surface area contributed by atoms with E-state index in [1.807, 2.05) is 30.3 Å². The molecule has 2 N–H and O–H groups in total. The van der Waals surface area contributed by atoms with Gasteiger partial charge in [-0.05, 0) is 48.1 Å². The molecule has 1 heterocycles. The maximum Gasteiger partial charge on any atom is 0.408 e. The Labute approximate surface area is 200 Å². The predicted octanol–water partition coefficient (Wildman–Crippen LogP) is 4.57. The minimum absolute atomic E-state index is 0.166. The molecule has 0 radical (unpaired) electrons. The van der Waals surface area contributed by atoms with E-state index in [-0.39, 0.29) is 18.3 Å². The third-order valence-corrected chi connectivity index (χ3v) is 6.83. The topological polar surface area (TPSA) is 70.7 Å². The molecule has 0 spiro atoms. The zero-order valence-electron chi connectivity index (χ0n) is 19.6. The van der Waals surface area contributed by atoms with Gasteiger partial charge in [-0.3, -0.25) is 4.79 Å². The Morgan fingerprint density at radius 3 is 2.68 bits per heavy atom. The van der Waals surface area contributed by atoms with Crippen molar-refractivity contribution < 1.29 is 18.7 Å². The highest BCUT2D eigenvalue weighted by Gasteiger charge is 2.27. The number of carbonyl (C=O) groups excluding carboxylic acids is 2. The van der Waals surface area contributed by atoms with Crippen LogP contribution in [-0.2, 0) is 22.6 Å². The molecule has 4 rings (SSSR count). The maximum absolute atomic E-state index is 13.5. The van der Waals surface area contributed by atoms with Crippen LogP contribution in [0.2, 0.25) is 0 Å². The molecule has 0 saturated heterocycles. The van der Waals surface area contributed by atoms with Crippen molar-refractivity contribution in [1.29, 1.82) is 0 Å². The van der Waals surface area contributed by atoms with Gasteiger partial charge in [0.1, 0.15) is 18.5 Å². The van der Waals surface area contributed by atoms with Crippen LogP contribution in [0.3, 0.4) is 0 Å². The minimum atomic E-state index is -0.619. The van der Waals surface area contributed by atoms with E-state index >= 15 is 0 Å². The third-order valence-electron chi connectivity index (χ3n) is 6.83. The summed E-state index contributed by atoms with van der Waals surface area (Å²) in [6, 6.07) is 13.7. The van der Waals surface area contributed by atoms with Crippen LogP contribution in [0.25, 0.3) is 0 Å². The van der Waals surface area contributed by atoms with E-state index in [4.69, 9.17) is 4.74 Å². The zero-order chi connectivity index (χ0) is 23.8. The quantitative estimate of drug-likeness (QED) is 0.567. The Bertz CT molecular complexity index is 963. The van der Waals surface area contributed by atoms with Crippen molar-refractivity contribution in [2.24, 2.45) is 5.92 Å². The highest BCUT2D eigenvalue weighted by Crippen LogP contribution is 2.29. The van der Waals surface area contributed by atoms with Crippen molar-refractivity contribution in [3.05, 3.63) is 65.5 Å². The summed E-state index contributed by atoms with van der Waals surface area (Å²) >= 11 is 0. The molecular weight excluding hydrogens is 433 g/mol. The number of fused-ring (bicyclic) bond motifs is 1. The standard InChI is InChI=1S/C27H34FN3O3/c28-23-11-12-25-22(18-23)13-15-31(25)16-14-29-26(32)24(17-20-7-3-1-4-8-20)30-27(33)34-19-21-9-5-2-6-10-21/h2,5-6,9-12,18,20,24H,1,3-4,7-8,13-17,19H2,(H,29,32)(H,30,33)/t24-/m0/s1. The van der Waals surface area contributed by atoms with Gasteiger partial charge in [0.15, 0.2) is 0 Å². The second-order valence-electron chi connectivity index (χ2n) is 9.30. The van der Waals surface area contributed by atoms with Crippen molar-refractivity contribution in [2.75, 3.05) is 24.5 Å². The van der Waals surface area contributed by atoms with Crippen LogP contribution < -0.4 is 15.5 Å². The number of rotatable bonds is 9. The second-order valence-corrected chi connectivity index (χ2v) is 9.30. The average molecular weight is 468 g/mol. The van der Waals surface area contributed by atoms with E-state index in [0.717, 1.165) is 42.6 Å². The molecule has 1 aliphatic heterocycles. The normalized spacial score (nSPS) is 16.6. The van der Waals surface area contributed by atoms with Gasteiger partial charge in [0.25, 0.3) is 0 Å². The number of nitrogens with zero attached hydrogens (tertiary/aromatic N) is 1. The Morgan fingerprint density at radius 2 is 1.88 bits per heavy atom. The van der Waals surface area contributed by atoms with Crippen LogP contribution in [0.5, 0.6) is 0 Å². The largest absolute Gasteiger partial charge is 0.445 e. The first kappa shape index (κ1) is 24.0. The van der Waals surface area contributed by atoms with E-state index in [2.05, 4.69) is 15.5 Å². The summed E-state index contributed by atoms with van der Waals surface area (Å²) < 4.78 is 18.8. The molecule has 7 heteroatoms. The van der Waals surface area contributed by atoms with Gasteiger partial charge in [0.05, 0.1) is 0 Å². The fourth-order valence-corrected chi connectivity index (χ4v) is 5.00. The molecule has 34 heavy (non-hydrogen) atoms. The molecule has 2 aliphatic rings. The summed E-state index contributed by atoms with van der Waals surface area (Å²) in [4.78, 5) is 27.7. The van der Waals surface area contributed by atoms with E-state index in [9.17, 15) is 14.0 Å². The first-order chi connectivity index (χ1) is 16.6. The van der Waals surface area contributed by atoms with Crippen molar-refractivity contribution in [3.8, 4) is 0 Å². The van der Waals surface area contributed by atoms with Crippen molar-refractivity contribution in [2.45, 2.75) is 57.6 Å². The molecule has 1 atom stereocenters. The fourth-order valence-electron chi connectivity index (χ4n) is 5.00. The number of hydrogen-bond donors (Lipinski definition) is 2. The third kappa shape index (κ3) is 6.72. The molecule has 2 aromatic rings. The van der Waals surface area contributed by atoms with Crippen LogP contribution in [0.4, 0.5) is 14.9 Å².